The minimum Gasteiger partial charge on any atom is -0.312 e. The lowest BCUT2D eigenvalue weighted by molar-refractivity contribution is -0.129. The monoisotopic (exact) mass is 273 g/mol. The molecule has 106 valence electrons. The predicted octanol–water partition coefficient (Wildman–Crippen LogP) is 1.13. The molecule has 0 saturated carbocycles. The first-order chi connectivity index (χ1) is 9.47. The number of nitrogens with one attached hydrogen (secondary N) is 2. The predicted molar refractivity (Wildman–Crippen MR) is 77.6 cm³/mol. The van der Waals surface area contributed by atoms with Gasteiger partial charge in [-0.05, 0) is 12.5 Å². The Hall–Kier alpha value is -2.01. The quantitative estimate of drug-likeness (QED) is 0.808. The maximum Gasteiger partial charge on any atom is 0.264 e. The first kappa shape index (κ1) is 14.4. The Bertz CT molecular complexity index is 547. The molecule has 0 radical (unpaired) electrons. The third-order valence-corrected chi connectivity index (χ3v) is 3.11. The van der Waals surface area contributed by atoms with Crippen molar-refractivity contribution in [3.63, 3.8) is 0 Å². The number of carbonyl (C=O) groups excluding carboxylic acids is 2. The third kappa shape index (κ3) is 3.30. The highest BCUT2D eigenvalue weighted by atomic mass is 16.2. The van der Waals surface area contributed by atoms with Crippen molar-refractivity contribution in [3.05, 3.63) is 35.4 Å². The molecule has 1 unspecified atom stereocenters. The third-order valence-electron chi connectivity index (χ3n) is 3.11. The average Bonchev–Trinajstić information content (AvgIpc) is 2.38. The molecule has 1 aromatic carbocycles. The minimum absolute atomic E-state index is 0.263. The first-order valence-corrected chi connectivity index (χ1v) is 6.69. The summed E-state index contributed by atoms with van der Waals surface area (Å²) in [6.45, 7) is 6.32. The SMILES string of the molecule is Cc1ccc(C2C(=O)N=C(CNC(C)C)NC2=O)cc1. The van der Waals surface area contributed by atoms with Gasteiger partial charge < -0.3 is 10.6 Å². The van der Waals surface area contributed by atoms with E-state index in [1.54, 1.807) is 12.1 Å². The Morgan fingerprint density at radius 3 is 2.45 bits per heavy atom. The van der Waals surface area contributed by atoms with Crippen LogP contribution in [0.3, 0.4) is 0 Å². The van der Waals surface area contributed by atoms with Crippen LogP contribution in [0.15, 0.2) is 29.3 Å². The van der Waals surface area contributed by atoms with Crippen molar-refractivity contribution in [1.82, 2.24) is 10.6 Å². The number of hydrogen-bond acceptors (Lipinski definition) is 3. The molecule has 0 fully saturated rings. The van der Waals surface area contributed by atoms with Crippen molar-refractivity contribution < 1.29 is 9.59 Å². The van der Waals surface area contributed by atoms with Crippen molar-refractivity contribution in [1.29, 1.82) is 0 Å². The summed E-state index contributed by atoms with van der Waals surface area (Å²) in [6.07, 6.45) is 0. The highest BCUT2D eigenvalue weighted by Gasteiger charge is 2.33. The number of rotatable bonds is 4. The van der Waals surface area contributed by atoms with E-state index >= 15 is 0 Å². The molecule has 1 heterocycles. The fraction of sp³-hybridized carbons (Fsp3) is 0.400. The molecular weight excluding hydrogens is 254 g/mol. The minimum atomic E-state index is -0.835. The van der Waals surface area contributed by atoms with Crippen molar-refractivity contribution in [2.75, 3.05) is 6.54 Å². The van der Waals surface area contributed by atoms with Crippen LogP contribution in [-0.2, 0) is 9.59 Å². The number of aryl methyl sites for hydroxylation is 1. The van der Waals surface area contributed by atoms with E-state index in [1.165, 1.54) is 0 Å². The molecule has 1 aromatic rings. The number of carbonyl (C=O) groups is 2. The molecule has 20 heavy (non-hydrogen) atoms. The molecule has 0 aliphatic carbocycles. The van der Waals surface area contributed by atoms with Gasteiger partial charge in [0.2, 0.25) is 5.91 Å². The van der Waals surface area contributed by atoms with Gasteiger partial charge in [-0.25, -0.2) is 0 Å². The van der Waals surface area contributed by atoms with Crippen molar-refractivity contribution >= 4 is 17.6 Å². The summed E-state index contributed by atoms with van der Waals surface area (Å²) in [4.78, 5) is 28.1. The lowest BCUT2D eigenvalue weighted by Gasteiger charge is -2.21. The smallest absolute Gasteiger partial charge is 0.264 e. The molecule has 2 amide bonds. The molecule has 5 heteroatoms. The van der Waals surface area contributed by atoms with Crippen LogP contribution in [0.1, 0.15) is 30.9 Å². The molecule has 1 aliphatic rings. The zero-order valence-corrected chi connectivity index (χ0v) is 11.9. The molecule has 2 rings (SSSR count). The standard InChI is InChI=1S/C15H19N3O2/c1-9(2)16-8-12-17-14(19)13(15(20)18-12)11-6-4-10(3)5-7-11/h4-7,9,13,16H,8H2,1-3H3,(H,17,18,19,20). The van der Waals surface area contributed by atoms with Gasteiger partial charge in [-0.1, -0.05) is 43.7 Å². The fourth-order valence-corrected chi connectivity index (χ4v) is 1.99. The second-order valence-corrected chi connectivity index (χ2v) is 5.27. The molecule has 1 aliphatic heterocycles. The van der Waals surface area contributed by atoms with Gasteiger partial charge in [0.1, 0.15) is 11.8 Å². The van der Waals surface area contributed by atoms with E-state index in [0.717, 1.165) is 5.56 Å². The molecule has 5 nitrogen and oxygen atoms in total. The first-order valence-electron chi connectivity index (χ1n) is 6.69. The lowest BCUT2D eigenvalue weighted by atomic mass is 9.95. The summed E-state index contributed by atoms with van der Waals surface area (Å²) in [5.41, 5.74) is 1.76. The fourth-order valence-electron chi connectivity index (χ4n) is 1.99. The number of benzene rings is 1. The highest BCUT2D eigenvalue weighted by Crippen LogP contribution is 2.20. The largest absolute Gasteiger partial charge is 0.312 e. The summed E-state index contributed by atoms with van der Waals surface area (Å²) in [5.74, 6) is -1.16. The van der Waals surface area contributed by atoms with Crippen LogP contribution < -0.4 is 10.6 Å². The summed E-state index contributed by atoms with van der Waals surface area (Å²) >= 11 is 0. The Morgan fingerprint density at radius 1 is 1.25 bits per heavy atom. The van der Waals surface area contributed by atoms with Crippen LogP contribution in [0.4, 0.5) is 0 Å². The normalized spacial score (nSPS) is 19.0. The lowest BCUT2D eigenvalue weighted by Crippen LogP contribution is -2.47. The maximum absolute atomic E-state index is 12.1. The van der Waals surface area contributed by atoms with E-state index in [9.17, 15) is 9.59 Å². The van der Waals surface area contributed by atoms with E-state index < -0.39 is 11.8 Å². The highest BCUT2D eigenvalue weighted by molar-refractivity contribution is 6.19. The molecular formula is C15H19N3O2. The Kier molecular flexibility index (Phi) is 4.29. The molecule has 0 saturated heterocycles. The summed E-state index contributed by atoms with van der Waals surface area (Å²) in [6, 6.07) is 7.62. The summed E-state index contributed by atoms with van der Waals surface area (Å²) in [5, 5.41) is 5.81. The van der Waals surface area contributed by atoms with E-state index in [1.807, 2.05) is 32.9 Å². The van der Waals surface area contributed by atoms with Crippen molar-refractivity contribution in [3.8, 4) is 0 Å². The molecule has 1 atom stereocenters. The molecule has 0 bridgehead atoms. The second-order valence-electron chi connectivity index (χ2n) is 5.27. The van der Waals surface area contributed by atoms with Crippen LogP contribution in [0.25, 0.3) is 0 Å². The Balaban J connectivity index is 2.16. The number of aliphatic imine (C=N–C) groups is 1. The van der Waals surface area contributed by atoms with Crippen molar-refractivity contribution in [2.45, 2.75) is 32.7 Å². The van der Waals surface area contributed by atoms with E-state index in [2.05, 4.69) is 15.6 Å². The van der Waals surface area contributed by atoms with Crippen LogP contribution in [0, 0.1) is 6.92 Å². The van der Waals surface area contributed by atoms with Gasteiger partial charge in [0, 0.05) is 6.04 Å². The van der Waals surface area contributed by atoms with Crippen LogP contribution >= 0.6 is 0 Å². The van der Waals surface area contributed by atoms with Gasteiger partial charge >= 0.3 is 0 Å². The van der Waals surface area contributed by atoms with Crippen molar-refractivity contribution in [2.24, 2.45) is 4.99 Å². The summed E-state index contributed by atoms with van der Waals surface area (Å²) < 4.78 is 0. The van der Waals surface area contributed by atoms with E-state index in [4.69, 9.17) is 0 Å². The zero-order valence-electron chi connectivity index (χ0n) is 11.9. The topological polar surface area (TPSA) is 70.6 Å². The molecule has 0 spiro atoms. The summed E-state index contributed by atoms with van der Waals surface area (Å²) in [7, 11) is 0. The van der Waals surface area contributed by atoms with E-state index in [-0.39, 0.29) is 11.9 Å². The zero-order chi connectivity index (χ0) is 14.7. The van der Waals surface area contributed by atoms with Crippen LogP contribution in [0.2, 0.25) is 0 Å². The average molecular weight is 273 g/mol. The van der Waals surface area contributed by atoms with Gasteiger partial charge in [0.25, 0.3) is 5.91 Å². The second kappa shape index (κ2) is 5.96. The van der Waals surface area contributed by atoms with E-state index in [0.29, 0.717) is 17.9 Å². The molecule has 2 N–H and O–H groups in total. The van der Waals surface area contributed by atoms with Crippen LogP contribution in [-0.4, -0.2) is 30.2 Å². The van der Waals surface area contributed by atoms with Crippen LogP contribution in [0.5, 0.6) is 0 Å². The Morgan fingerprint density at radius 2 is 1.90 bits per heavy atom. The van der Waals surface area contributed by atoms with Gasteiger partial charge in [-0.3, -0.25) is 9.59 Å². The van der Waals surface area contributed by atoms with Gasteiger partial charge in [0.05, 0.1) is 6.54 Å². The maximum atomic E-state index is 12.1. The number of nitrogens with zero attached hydrogens (tertiary/aromatic N) is 1. The van der Waals surface area contributed by atoms with Gasteiger partial charge in [0.15, 0.2) is 0 Å². The van der Waals surface area contributed by atoms with Gasteiger partial charge in [-0.15, -0.1) is 0 Å². The number of amidine groups is 1. The number of hydrogen-bond donors (Lipinski definition) is 2. The molecule has 0 aromatic heterocycles. The Labute approximate surface area is 118 Å². The number of amides is 2. The van der Waals surface area contributed by atoms with Gasteiger partial charge in [-0.2, -0.15) is 4.99 Å².